The summed E-state index contributed by atoms with van der Waals surface area (Å²) in [5, 5.41) is 9.30. The van der Waals surface area contributed by atoms with E-state index in [1.165, 1.54) is 0 Å². The lowest BCUT2D eigenvalue weighted by Crippen LogP contribution is -2.28. The van der Waals surface area contributed by atoms with Gasteiger partial charge < -0.3 is 10.3 Å². The Balaban J connectivity index is 1.44. The Labute approximate surface area is 173 Å². The molecule has 7 nitrogen and oxygen atoms in total. The number of rotatable bonds is 6. The maximum absolute atomic E-state index is 13.6. The van der Waals surface area contributed by atoms with Crippen molar-refractivity contribution in [1.29, 1.82) is 0 Å². The van der Waals surface area contributed by atoms with Crippen molar-refractivity contribution >= 4 is 16.9 Å². The molecular formula is C20H16F4N6O. The van der Waals surface area contributed by atoms with Gasteiger partial charge in [-0.1, -0.05) is 17.3 Å². The van der Waals surface area contributed by atoms with Crippen LogP contribution in [-0.4, -0.2) is 37.4 Å². The first-order chi connectivity index (χ1) is 14.8. The van der Waals surface area contributed by atoms with E-state index < -0.39 is 29.3 Å². The number of hydrogen-bond donors (Lipinski definition) is 2. The first-order valence-electron chi connectivity index (χ1n) is 9.33. The highest BCUT2D eigenvalue weighted by Gasteiger charge is 2.41. The zero-order valence-electron chi connectivity index (χ0n) is 15.9. The highest BCUT2D eigenvalue weighted by molar-refractivity contribution is 5.93. The Bertz CT molecular complexity index is 1180. The van der Waals surface area contributed by atoms with Crippen molar-refractivity contribution in [2.75, 3.05) is 6.54 Å². The van der Waals surface area contributed by atoms with E-state index in [-0.39, 0.29) is 12.2 Å². The molecule has 4 rings (SSSR count). The van der Waals surface area contributed by atoms with Crippen molar-refractivity contribution in [2.24, 2.45) is 0 Å². The van der Waals surface area contributed by atoms with Crippen molar-refractivity contribution in [3.8, 4) is 5.69 Å². The lowest BCUT2D eigenvalue weighted by Gasteiger charge is -2.11. The monoisotopic (exact) mass is 432 g/mol. The number of para-hydroxylation sites is 2. The molecule has 0 unspecified atom stereocenters. The molecule has 4 aromatic rings. The number of aryl methyl sites for hydroxylation is 1. The SMILES string of the molecule is O=C(NCCCc1nc2ccccc2[nH]1)c1nnn(-c2ccc(F)cc2)c1C(F)(F)F. The van der Waals surface area contributed by atoms with Gasteiger partial charge in [-0.05, 0) is 42.8 Å². The van der Waals surface area contributed by atoms with Gasteiger partial charge in [-0.25, -0.2) is 14.1 Å². The van der Waals surface area contributed by atoms with E-state index in [9.17, 15) is 22.4 Å². The van der Waals surface area contributed by atoms with E-state index in [1.807, 2.05) is 24.3 Å². The number of benzene rings is 2. The Morgan fingerprint density at radius 3 is 2.55 bits per heavy atom. The van der Waals surface area contributed by atoms with Gasteiger partial charge in [-0.3, -0.25) is 4.79 Å². The molecule has 0 saturated carbocycles. The number of nitrogens with zero attached hydrogens (tertiary/aromatic N) is 4. The van der Waals surface area contributed by atoms with E-state index in [1.54, 1.807) is 0 Å². The molecule has 0 radical (unpaired) electrons. The molecule has 0 aliphatic carbocycles. The predicted octanol–water partition coefficient (Wildman–Crippen LogP) is 3.66. The second-order valence-corrected chi connectivity index (χ2v) is 6.73. The second-order valence-electron chi connectivity index (χ2n) is 6.73. The van der Waals surface area contributed by atoms with Crippen molar-refractivity contribution in [2.45, 2.75) is 19.0 Å². The summed E-state index contributed by atoms with van der Waals surface area (Å²) in [6.07, 6.45) is -3.93. The van der Waals surface area contributed by atoms with Gasteiger partial charge in [0, 0.05) is 13.0 Å². The fourth-order valence-electron chi connectivity index (χ4n) is 3.12. The van der Waals surface area contributed by atoms with Gasteiger partial charge in [-0.15, -0.1) is 5.10 Å². The molecule has 2 heterocycles. The summed E-state index contributed by atoms with van der Waals surface area (Å²) >= 11 is 0. The number of amides is 1. The molecular weight excluding hydrogens is 416 g/mol. The number of aromatic nitrogens is 5. The van der Waals surface area contributed by atoms with E-state index >= 15 is 0 Å². The summed E-state index contributed by atoms with van der Waals surface area (Å²) in [5.74, 6) is -0.890. The van der Waals surface area contributed by atoms with E-state index in [0.29, 0.717) is 23.3 Å². The molecule has 0 saturated heterocycles. The number of fused-ring (bicyclic) bond motifs is 1. The van der Waals surface area contributed by atoms with Crippen LogP contribution in [0.2, 0.25) is 0 Å². The maximum Gasteiger partial charge on any atom is 0.435 e. The summed E-state index contributed by atoms with van der Waals surface area (Å²) in [6, 6.07) is 11.7. The first kappa shape index (κ1) is 20.5. The molecule has 0 bridgehead atoms. The third-order valence-electron chi connectivity index (χ3n) is 4.54. The van der Waals surface area contributed by atoms with Gasteiger partial charge >= 0.3 is 6.18 Å². The van der Waals surface area contributed by atoms with Crippen molar-refractivity contribution < 1.29 is 22.4 Å². The quantitative estimate of drug-likeness (QED) is 0.360. The standard InChI is InChI=1S/C20H16F4N6O/c21-12-7-9-13(10-8-12)30-18(20(22,23)24)17(28-29-30)19(31)25-11-3-6-16-26-14-4-1-2-5-15(14)27-16/h1-2,4-5,7-10H,3,6,11H2,(H,25,31)(H,26,27). The summed E-state index contributed by atoms with van der Waals surface area (Å²) < 4.78 is 54.4. The van der Waals surface area contributed by atoms with Crippen LogP contribution in [0.4, 0.5) is 17.6 Å². The fraction of sp³-hybridized carbons (Fsp3) is 0.200. The number of imidazole rings is 1. The minimum atomic E-state index is -4.89. The van der Waals surface area contributed by atoms with Crippen LogP contribution in [0.25, 0.3) is 16.7 Å². The number of carbonyl (C=O) groups excluding carboxylic acids is 1. The molecule has 0 aliphatic heterocycles. The number of aromatic amines is 1. The van der Waals surface area contributed by atoms with Crippen LogP contribution in [0.3, 0.4) is 0 Å². The summed E-state index contributed by atoms with van der Waals surface area (Å²) in [7, 11) is 0. The molecule has 1 amide bonds. The maximum atomic E-state index is 13.6. The molecule has 2 N–H and O–H groups in total. The summed E-state index contributed by atoms with van der Waals surface area (Å²) in [5.41, 5.74) is -0.540. The zero-order valence-corrected chi connectivity index (χ0v) is 15.9. The number of halogens is 4. The van der Waals surface area contributed by atoms with Gasteiger partial charge in [0.05, 0.1) is 16.7 Å². The average molecular weight is 432 g/mol. The number of nitrogens with one attached hydrogen (secondary N) is 2. The van der Waals surface area contributed by atoms with Crippen LogP contribution in [0.15, 0.2) is 48.5 Å². The van der Waals surface area contributed by atoms with Crippen LogP contribution in [0, 0.1) is 5.82 Å². The minimum Gasteiger partial charge on any atom is -0.351 e. The molecule has 2 aromatic heterocycles. The Hall–Kier alpha value is -3.76. The number of carbonyl (C=O) groups is 1. The van der Waals surface area contributed by atoms with Gasteiger partial charge in [0.1, 0.15) is 11.6 Å². The first-order valence-corrected chi connectivity index (χ1v) is 9.33. The smallest absolute Gasteiger partial charge is 0.351 e. The lowest BCUT2D eigenvalue weighted by molar-refractivity contribution is -0.143. The van der Waals surface area contributed by atoms with Gasteiger partial charge in [0.2, 0.25) is 0 Å². The van der Waals surface area contributed by atoms with Gasteiger partial charge in [0.15, 0.2) is 11.4 Å². The Morgan fingerprint density at radius 1 is 1.10 bits per heavy atom. The third kappa shape index (κ3) is 4.39. The van der Waals surface area contributed by atoms with Crippen molar-refractivity contribution in [1.82, 2.24) is 30.3 Å². The van der Waals surface area contributed by atoms with E-state index in [2.05, 4.69) is 25.6 Å². The molecule has 31 heavy (non-hydrogen) atoms. The number of hydrogen-bond acceptors (Lipinski definition) is 4. The van der Waals surface area contributed by atoms with Crippen molar-refractivity contribution in [3.05, 3.63) is 71.6 Å². The van der Waals surface area contributed by atoms with Crippen molar-refractivity contribution in [3.63, 3.8) is 0 Å². The van der Waals surface area contributed by atoms with Crippen LogP contribution >= 0.6 is 0 Å². The summed E-state index contributed by atoms with van der Waals surface area (Å²) in [4.78, 5) is 19.9. The predicted molar refractivity (Wildman–Crippen MR) is 103 cm³/mol. The Kier molecular flexibility index (Phi) is 5.40. The molecule has 0 aliphatic rings. The third-order valence-corrected chi connectivity index (χ3v) is 4.54. The molecule has 11 heteroatoms. The Morgan fingerprint density at radius 2 is 1.84 bits per heavy atom. The zero-order chi connectivity index (χ0) is 22.0. The van der Waals surface area contributed by atoms with Crippen LogP contribution in [0.1, 0.15) is 28.4 Å². The van der Waals surface area contributed by atoms with Gasteiger partial charge in [-0.2, -0.15) is 13.2 Å². The topological polar surface area (TPSA) is 88.5 Å². The van der Waals surface area contributed by atoms with Crippen LogP contribution < -0.4 is 5.32 Å². The largest absolute Gasteiger partial charge is 0.435 e. The highest BCUT2D eigenvalue weighted by atomic mass is 19.4. The van der Waals surface area contributed by atoms with E-state index in [0.717, 1.165) is 35.3 Å². The molecule has 0 atom stereocenters. The fourth-order valence-corrected chi connectivity index (χ4v) is 3.12. The normalized spacial score (nSPS) is 11.7. The second kappa shape index (κ2) is 8.17. The highest BCUT2D eigenvalue weighted by Crippen LogP contribution is 2.32. The lowest BCUT2D eigenvalue weighted by atomic mass is 10.2. The summed E-state index contributed by atoms with van der Waals surface area (Å²) in [6.45, 7) is 0.122. The number of alkyl halides is 3. The molecule has 0 spiro atoms. The molecule has 0 fully saturated rings. The molecule has 2 aromatic carbocycles. The van der Waals surface area contributed by atoms with Gasteiger partial charge in [0.25, 0.3) is 5.91 Å². The minimum absolute atomic E-state index is 0.0647. The van der Waals surface area contributed by atoms with Crippen LogP contribution in [0.5, 0.6) is 0 Å². The number of H-pyrrole nitrogens is 1. The average Bonchev–Trinajstić information content (AvgIpc) is 3.35. The van der Waals surface area contributed by atoms with Crippen LogP contribution in [-0.2, 0) is 12.6 Å². The molecule has 160 valence electrons. The van der Waals surface area contributed by atoms with E-state index in [4.69, 9.17) is 0 Å².